The second-order valence-electron chi connectivity index (χ2n) is 5.73. The number of halogens is 1. The number of benzene rings is 1. The van der Waals surface area contributed by atoms with Crippen LogP contribution in [0, 0.1) is 5.92 Å². The molecule has 1 atom stereocenters. The lowest BCUT2D eigenvalue weighted by atomic mass is 9.95. The second-order valence-corrected chi connectivity index (χ2v) is 5.73. The molecule has 1 heterocycles. The average molecular weight is 311 g/mol. The smallest absolute Gasteiger partial charge is 0.226 e. The van der Waals surface area contributed by atoms with Gasteiger partial charge in [-0.05, 0) is 44.8 Å². The molecule has 1 fully saturated rings. The monoisotopic (exact) mass is 310 g/mol. The lowest BCUT2D eigenvalue weighted by Gasteiger charge is -2.33. The summed E-state index contributed by atoms with van der Waals surface area (Å²) in [6.07, 6.45) is 2.95. The highest BCUT2D eigenvalue weighted by molar-refractivity contribution is 5.85. The van der Waals surface area contributed by atoms with Gasteiger partial charge in [-0.25, -0.2) is 0 Å². The first-order valence-electron chi connectivity index (χ1n) is 7.77. The molecule has 1 aliphatic heterocycles. The maximum absolute atomic E-state index is 12.8. The predicted octanol–water partition coefficient (Wildman–Crippen LogP) is 3.24. The molecule has 1 unspecified atom stereocenters. The molecule has 1 saturated heterocycles. The fourth-order valence-corrected chi connectivity index (χ4v) is 2.75. The third-order valence-electron chi connectivity index (χ3n) is 4.29. The first kappa shape index (κ1) is 18.0. The molecule has 1 aromatic carbocycles. The maximum atomic E-state index is 12.8. The Balaban J connectivity index is 0.00000220. The van der Waals surface area contributed by atoms with Gasteiger partial charge in [0.2, 0.25) is 5.91 Å². The van der Waals surface area contributed by atoms with Crippen LogP contribution in [0.25, 0.3) is 0 Å². The summed E-state index contributed by atoms with van der Waals surface area (Å²) >= 11 is 0. The Kier molecular flexibility index (Phi) is 7.76. The summed E-state index contributed by atoms with van der Waals surface area (Å²) in [7, 11) is 0. The van der Waals surface area contributed by atoms with Crippen LogP contribution >= 0.6 is 12.4 Å². The van der Waals surface area contributed by atoms with Crippen molar-refractivity contribution in [2.24, 2.45) is 5.92 Å². The van der Waals surface area contributed by atoms with E-state index in [9.17, 15) is 4.79 Å². The van der Waals surface area contributed by atoms with E-state index in [2.05, 4.69) is 36.2 Å². The van der Waals surface area contributed by atoms with Gasteiger partial charge in [-0.1, -0.05) is 37.3 Å². The minimum Gasteiger partial charge on any atom is -0.335 e. The van der Waals surface area contributed by atoms with Gasteiger partial charge in [0.1, 0.15) is 0 Å². The highest BCUT2D eigenvalue weighted by Crippen LogP contribution is 2.20. The highest BCUT2D eigenvalue weighted by atomic mass is 35.5. The van der Waals surface area contributed by atoms with E-state index in [1.807, 2.05) is 18.2 Å². The fraction of sp³-hybridized carbons (Fsp3) is 0.588. The number of nitrogens with zero attached hydrogens (tertiary/aromatic N) is 1. The van der Waals surface area contributed by atoms with Crippen LogP contribution in [0.3, 0.4) is 0 Å². The number of amides is 1. The molecule has 0 spiro atoms. The fourth-order valence-electron chi connectivity index (χ4n) is 2.75. The number of hydrogen-bond acceptors (Lipinski definition) is 2. The summed E-state index contributed by atoms with van der Waals surface area (Å²) in [6, 6.07) is 10.6. The first-order valence-corrected chi connectivity index (χ1v) is 7.77. The molecule has 0 bridgehead atoms. The van der Waals surface area contributed by atoms with Gasteiger partial charge in [0, 0.05) is 18.5 Å². The quantitative estimate of drug-likeness (QED) is 0.905. The van der Waals surface area contributed by atoms with Crippen LogP contribution in [0.15, 0.2) is 30.3 Å². The average Bonchev–Trinajstić information content (AvgIpc) is 2.53. The maximum Gasteiger partial charge on any atom is 0.226 e. The van der Waals surface area contributed by atoms with E-state index in [1.54, 1.807) is 0 Å². The molecule has 21 heavy (non-hydrogen) atoms. The molecular formula is C17H27ClN2O. The van der Waals surface area contributed by atoms with Gasteiger partial charge < -0.3 is 10.2 Å². The Hall–Kier alpha value is -1.06. The van der Waals surface area contributed by atoms with E-state index in [4.69, 9.17) is 0 Å². The third-order valence-corrected chi connectivity index (χ3v) is 4.29. The predicted molar refractivity (Wildman–Crippen MR) is 89.6 cm³/mol. The minimum atomic E-state index is 0. The molecule has 1 aliphatic rings. The summed E-state index contributed by atoms with van der Waals surface area (Å²) in [4.78, 5) is 14.9. The SMILES string of the molecule is CCC(C)N(Cc1ccccc1)C(=O)C1CCNCC1.Cl. The van der Waals surface area contributed by atoms with E-state index in [1.165, 1.54) is 5.56 Å². The van der Waals surface area contributed by atoms with Gasteiger partial charge in [0.15, 0.2) is 0 Å². The second kappa shape index (κ2) is 9.06. The van der Waals surface area contributed by atoms with Crippen molar-refractivity contribution in [1.82, 2.24) is 10.2 Å². The van der Waals surface area contributed by atoms with Crippen LogP contribution in [0.4, 0.5) is 0 Å². The highest BCUT2D eigenvalue weighted by Gasteiger charge is 2.28. The number of rotatable bonds is 5. The molecule has 118 valence electrons. The Morgan fingerprint density at radius 3 is 2.48 bits per heavy atom. The Morgan fingerprint density at radius 1 is 1.29 bits per heavy atom. The van der Waals surface area contributed by atoms with Crippen molar-refractivity contribution in [3.05, 3.63) is 35.9 Å². The summed E-state index contributed by atoms with van der Waals surface area (Å²) in [6.45, 7) is 6.98. The summed E-state index contributed by atoms with van der Waals surface area (Å²) in [5, 5.41) is 3.33. The largest absolute Gasteiger partial charge is 0.335 e. The topological polar surface area (TPSA) is 32.3 Å². The van der Waals surface area contributed by atoms with Gasteiger partial charge in [-0.2, -0.15) is 0 Å². The van der Waals surface area contributed by atoms with E-state index in [-0.39, 0.29) is 18.3 Å². The molecule has 2 rings (SSSR count). The Morgan fingerprint density at radius 2 is 1.90 bits per heavy atom. The van der Waals surface area contributed by atoms with Crippen LogP contribution in [0.2, 0.25) is 0 Å². The number of nitrogens with one attached hydrogen (secondary N) is 1. The molecular weight excluding hydrogens is 284 g/mol. The van der Waals surface area contributed by atoms with Gasteiger partial charge in [-0.3, -0.25) is 4.79 Å². The van der Waals surface area contributed by atoms with Crippen molar-refractivity contribution in [1.29, 1.82) is 0 Å². The zero-order chi connectivity index (χ0) is 14.4. The van der Waals surface area contributed by atoms with Crippen molar-refractivity contribution < 1.29 is 4.79 Å². The van der Waals surface area contributed by atoms with Gasteiger partial charge in [0.25, 0.3) is 0 Å². The van der Waals surface area contributed by atoms with Crippen molar-refractivity contribution >= 4 is 18.3 Å². The van der Waals surface area contributed by atoms with Crippen molar-refractivity contribution in [3.8, 4) is 0 Å². The number of piperidine rings is 1. The molecule has 1 amide bonds. The molecule has 4 heteroatoms. The summed E-state index contributed by atoms with van der Waals surface area (Å²) < 4.78 is 0. The van der Waals surface area contributed by atoms with Gasteiger partial charge in [0.05, 0.1) is 0 Å². The molecule has 0 aromatic heterocycles. The lowest BCUT2D eigenvalue weighted by Crippen LogP contribution is -2.44. The summed E-state index contributed by atoms with van der Waals surface area (Å²) in [5.41, 5.74) is 1.22. The molecule has 3 nitrogen and oxygen atoms in total. The van der Waals surface area contributed by atoms with Crippen LogP contribution in [-0.2, 0) is 11.3 Å². The van der Waals surface area contributed by atoms with E-state index in [0.717, 1.165) is 38.9 Å². The molecule has 1 aromatic rings. The van der Waals surface area contributed by atoms with Crippen molar-refractivity contribution in [3.63, 3.8) is 0 Å². The van der Waals surface area contributed by atoms with E-state index < -0.39 is 0 Å². The van der Waals surface area contributed by atoms with Gasteiger partial charge in [-0.15, -0.1) is 12.4 Å². The van der Waals surface area contributed by atoms with E-state index in [0.29, 0.717) is 11.9 Å². The standard InChI is InChI=1S/C17H26N2O.ClH/c1-3-14(2)19(13-15-7-5-4-6-8-15)17(20)16-9-11-18-12-10-16;/h4-8,14,16,18H,3,9-13H2,1-2H3;1H. The Labute approximate surface area is 134 Å². The van der Waals surface area contributed by atoms with Crippen LogP contribution in [-0.4, -0.2) is 29.9 Å². The number of carbonyl (C=O) groups is 1. The zero-order valence-electron chi connectivity index (χ0n) is 13.0. The number of hydrogen-bond donors (Lipinski definition) is 1. The normalized spacial score (nSPS) is 16.9. The van der Waals surface area contributed by atoms with Crippen molar-refractivity contribution in [2.75, 3.05) is 13.1 Å². The van der Waals surface area contributed by atoms with Crippen LogP contribution in [0.1, 0.15) is 38.7 Å². The zero-order valence-corrected chi connectivity index (χ0v) is 13.9. The molecule has 0 aliphatic carbocycles. The van der Waals surface area contributed by atoms with Crippen molar-refractivity contribution in [2.45, 2.75) is 45.7 Å². The van der Waals surface area contributed by atoms with Crippen LogP contribution in [0.5, 0.6) is 0 Å². The molecule has 1 N–H and O–H groups in total. The van der Waals surface area contributed by atoms with E-state index >= 15 is 0 Å². The Bertz CT molecular complexity index is 418. The molecule has 0 radical (unpaired) electrons. The molecule has 0 saturated carbocycles. The number of carbonyl (C=O) groups excluding carboxylic acids is 1. The lowest BCUT2D eigenvalue weighted by molar-refractivity contribution is -0.139. The summed E-state index contributed by atoms with van der Waals surface area (Å²) in [5.74, 6) is 0.540. The van der Waals surface area contributed by atoms with Crippen LogP contribution < -0.4 is 5.32 Å². The van der Waals surface area contributed by atoms with Gasteiger partial charge >= 0.3 is 0 Å². The minimum absolute atomic E-state index is 0. The third kappa shape index (κ3) is 5.01. The first-order chi connectivity index (χ1) is 9.72.